The molecule has 0 aromatic heterocycles. The summed E-state index contributed by atoms with van der Waals surface area (Å²) < 4.78 is 37.9. The Bertz CT molecular complexity index is 643. The third kappa shape index (κ3) is 3.53. The third-order valence-corrected chi connectivity index (χ3v) is 5.64. The summed E-state index contributed by atoms with van der Waals surface area (Å²) in [4.78, 5) is 13.8. The Hall–Kier alpha value is -1.18. The maximum absolute atomic E-state index is 13.0. The van der Waals surface area contributed by atoms with E-state index >= 15 is 0 Å². The largest absolute Gasteiger partial charge is 0.336 e. The van der Waals surface area contributed by atoms with E-state index in [0.29, 0.717) is 13.1 Å². The van der Waals surface area contributed by atoms with Crippen molar-refractivity contribution in [3.8, 4) is 0 Å². The summed E-state index contributed by atoms with van der Waals surface area (Å²) in [5, 5.41) is 0.0589. The van der Waals surface area contributed by atoms with Crippen LogP contribution in [0.2, 0.25) is 5.02 Å². The highest BCUT2D eigenvalue weighted by molar-refractivity contribution is 7.89. The molecule has 1 heterocycles. The summed E-state index contributed by atoms with van der Waals surface area (Å²) in [5.41, 5.74) is 0.227. The smallest absolute Gasteiger partial charge is 0.255 e. The van der Waals surface area contributed by atoms with Crippen LogP contribution in [-0.2, 0) is 10.0 Å². The highest BCUT2D eigenvalue weighted by Crippen LogP contribution is 2.20. The lowest BCUT2D eigenvalue weighted by Crippen LogP contribution is -2.50. The van der Waals surface area contributed by atoms with Crippen LogP contribution in [0.1, 0.15) is 17.3 Å². The molecule has 1 aliphatic rings. The van der Waals surface area contributed by atoms with Gasteiger partial charge in [0.2, 0.25) is 10.0 Å². The average Bonchev–Trinajstić information content (AvgIpc) is 2.47. The summed E-state index contributed by atoms with van der Waals surface area (Å²) in [6, 6.07) is 3.61. The van der Waals surface area contributed by atoms with Crippen molar-refractivity contribution in [3.63, 3.8) is 0 Å². The second-order valence-electron chi connectivity index (χ2n) is 4.72. The predicted octanol–water partition coefficient (Wildman–Crippen LogP) is 1.59. The molecular formula is C13H16ClFN2O3S. The minimum Gasteiger partial charge on any atom is -0.336 e. The second-order valence-corrected chi connectivity index (χ2v) is 7.38. The van der Waals surface area contributed by atoms with Crippen LogP contribution in [-0.4, -0.2) is 55.5 Å². The number of nitrogens with zero attached hydrogens (tertiary/aromatic N) is 2. The zero-order valence-electron chi connectivity index (χ0n) is 11.6. The summed E-state index contributed by atoms with van der Waals surface area (Å²) >= 11 is 5.87. The Kier molecular flexibility index (Phi) is 4.85. The normalized spacial score (nSPS) is 17.0. The molecule has 8 heteroatoms. The van der Waals surface area contributed by atoms with Crippen LogP contribution in [0.5, 0.6) is 0 Å². The van der Waals surface area contributed by atoms with Gasteiger partial charge in [-0.05, 0) is 25.1 Å². The summed E-state index contributed by atoms with van der Waals surface area (Å²) in [5.74, 6) is -0.769. The molecule has 0 aliphatic carbocycles. The van der Waals surface area contributed by atoms with E-state index < -0.39 is 15.8 Å². The molecule has 0 bridgehead atoms. The molecule has 0 saturated carbocycles. The molecule has 0 N–H and O–H groups in total. The number of halogens is 2. The Morgan fingerprint density at radius 3 is 2.43 bits per heavy atom. The Morgan fingerprint density at radius 2 is 1.90 bits per heavy atom. The van der Waals surface area contributed by atoms with E-state index in [1.165, 1.54) is 21.3 Å². The molecule has 21 heavy (non-hydrogen) atoms. The summed E-state index contributed by atoms with van der Waals surface area (Å²) in [6.07, 6.45) is 0. The predicted molar refractivity (Wildman–Crippen MR) is 78.3 cm³/mol. The van der Waals surface area contributed by atoms with Crippen LogP contribution in [0.15, 0.2) is 18.2 Å². The fraction of sp³-hybridized carbons (Fsp3) is 0.462. The first-order valence-corrected chi connectivity index (χ1v) is 8.56. The van der Waals surface area contributed by atoms with E-state index in [2.05, 4.69) is 0 Å². The fourth-order valence-electron chi connectivity index (χ4n) is 2.19. The van der Waals surface area contributed by atoms with E-state index in [-0.39, 0.29) is 35.3 Å². The zero-order chi connectivity index (χ0) is 15.6. The molecule has 0 spiro atoms. The maximum Gasteiger partial charge on any atom is 0.255 e. The van der Waals surface area contributed by atoms with Gasteiger partial charge in [-0.3, -0.25) is 4.79 Å². The minimum absolute atomic E-state index is 0.0464. The maximum atomic E-state index is 13.0. The summed E-state index contributed by atoms with van der Waals surface area (Å²) in [7, 11) is -3.23. The lowest BCUT2D eigenvalue weighted by molar-refractivity contribution is 0.0698. The topological polar surface area (TPSA) is 57.7 Å². The number of carbonyl (C=O) groups is 1. The van der Waals surface area contributed by atoms with Crippen molar-refractivity contribution in [2.45, 2.75) is 6.92 Å². The molecule has 1 fully saturated rings. The van der Waals surface area contributed by atoms with Gasteiger partial charge in [0.15, 0.2) is 0 Å². The Balaban J connectivity index is 2.07. The molecule has 5 nitrogen and oxygen atoms in total. The molecule has 1 amide bonds. The van der Waals surface area contributed by atoms with Gasteiger partial charge in [-0.15, -0.1) is 0 Å². The van der Waals surface area contributed by atoms with Crippen molar-refractivity contribution in [2.24, 2.45) is 0 Å². The van der Waals surface area contributed by atoms with Gasteiger partial charge < -0.3 is 4.90 Å². The van der Waals surface area contributed by atoms with Crippen molar-refractivity contribution in [1.29, 1.82) is 0 Å². The molecule has 0 radical (unpaired) electrons. The standard InChI is InChI=1S/C13H16ClFN2O3S/c1-2-21(19,20)17-7-5-16(6-8-17)13(18)11-4-3-10(15)9-12(11)14/h3-4,9H,2,5-8H2,1H3. The lowest BCUT2D eigenvalue weighted by atomic mass is 10.2. The van der Waals surface area contributed by atoms with E-state index in [0.717, 1.165) is 6.07 Å². The molecule has 1 aromatic carbocycles. The monoisotopic (exact) mass is 334 g/mol. The first kappa shape index (κ1) is 16.2. The van der Waals surface area contributed by atoms with Crippen molar-refractivity contribution >= 4 is 27.5 Å². The van der Waals surface area contributed by atoms with E-state index in [1.54, 1.807) is 6.92 Å². The molecule has 1 aromatic rings. The van der Waals surface area contributed by atoms with Crippen molar-refractivity contribution in [3.05, 3.63) is 34.6 Å². The SMILES string of the molecule is CCS(=O)(=O)N1CCN(C(=O)c2ccc(F)cc2Cl)CC1. The van der Waals surface area contributed by atoms with Gasteiger partial charge in [0.25, 0.3) is 5.91 Å². The van der Waals surface area contributed by atoms with Gasteiger partial charge in [0, 0.05) is 26.2 Å². The Labute approximate surface area is 128 Å². The highest BCUT2D eigenvalue weighted by atomic mass is 35.5. The van der Waals surface area contributed by atoms with Gasteiger partial charge in [-0.2, -0.15) is 4.31 Å². The molecule has 0 unspecified atom stereocenters. The molecule has 1 aliphatic heterocycles. The lowest BCUT2D eigenvalue weighted by Gasteiger charge is -2.34. The molecule has 116 valence electrons. The van der Waals surface area contributed by atoms with Crippen molar-refractivity contribution in [2.75, 3.05) is 31.9 Å². The molecule has 1 saturated heterocycles. The number of benzene rings is 1. The van der Waals surface area contributed by atoms with Gasteiger partial charge in [0.05, 0.1) is 16.3 Å². The fourth-order valence-corrected chi connectivity index (χ4v) is 3.52. The first-order valence-electron chi connectivity index (χ1n) is 6.57. The first-order chi connectivity index (χ1) is 9.85. The Morgan fingerprint density at radius 1 is 1.29 bits per heavy atom. The number of amides is 1. The quantitative estimate of drug-likeness (QED) is 0.843. The van der Waals surface area contributed by atoms with Crippen LogP contribution in [0.25, 0.3) is 0 Å². The van der Waals surface area contributed by atoms with Crippen LogP contribution < -0.4 is 0 Å². The number of rotatable bonds is 3. The van der Waals surface area contributed by atoms with Gasteiger partial charge in [-0.1, -0.05) is 11.6 Å². The van der Waals surface area contributed by atoms with Gasteiger partial charge in [0.1, 0.15) is 5.82 Å². The zero-order valence-corrected chi connectivity index (χ0v) is 13.1. The number of carbonyl (C=O) groups excluding carboxylic acids is 1. The van der Waals surface area contributed by atoms with E-state index in [9.17, 15) is 17.6 Å². The van der Waals surface area contributed by atoms with Crippen LogP contribution in [0, 0.1) is 5.82 Å². The van der Waals surface area contributed by atoms with Crippen molar-refractivity contribution in [1.82, 2.24) is 9.21 Å². The second kappa shape index (κ2) is 6.29. The number of sulfonamides is 1. The molecule has 0 atom stereocenters. The van der Waals surface area contributed by atoms with Gasteiger partial charge in [-0.25, -0.2) is 12.8 Å². The van der Waals surface area contributed by atoms with Crippen LogP contribution >= 0.6 is 11.6 Å². The minimum atomic E-state index is -3.23. The summed E-state index contributed by atoms with van der Waals surface area (Å²) in [6.45, 7) is 2.71. The van der Waals surface area contributed by atoms with Crippen molar-refractivity contribution < 1.29 is 17.6 Å². The molecule has 2 rings (SSSR count). The number of hydrogen-bond donors (Lipinski definition) is 0. The highest BCUT2D eigenvalue weighted by Gasteiger charge is 2.28. The number of hydrogen-bond acceptors (Lipinski definition) is 3. The van der Waals surface area contributed by atoms with E-state index in [4.69, 9.17) is 11.6 Å². The van der Waals surface area contributed by atoms with E-state index in [1.807, 2.05) is 0 Å². The molecular weight excluding hydrogens is 319 g/mol. The van der Waals surface area contributed by atoms with Crippen LogP contribution in [0.3, 0.4) is 0 Å². The van der Waals surface area contributed by atoms with Crippen LogP contribution in [0.4, 0.5) is 4.39 Å². The third-order valence-electron chi connectivity index (χ3n) is 3.45. The number of piperazine rings is 1. The average molecular weight is 335 g/mol. The van der Waals surface area contributed by atoms with Gasteiger partial charge >= 0.3 is 0 Å².